The lowest BCUT2D eigenvalue weighted by Crippen LogP contribution is -2.05. The minimum absolute atomic E-state index is 0.0465. The molecule has 4 heteroatoms. The lowest BCUT2D eigenvalue weighted by atomic mass is 10.1. The highest BCUT2D eigenvalue weighted by Crippen LogP contribution is 2.24. The van der Waals surface area contributed by atoms with Gasteiger partial charge in [-0.15, -0.1) is 0 Å². The Hall–Kier alpha value is -2.62. The molecule has 0 unspecified atom stereocenters. The Labute approximate surface area is 116 Å². The molecule has 0 fully saturated rings. The molecule has 2 aromatic rings. The van der Waals surface area contributed by atoms with Crippen LogP contribution in [0.15, 0.2) is 48.5 Å². The summed E-state index contributed by atoms with van der Waals surface area (Å²) in [6.07, 6.45) is 0.315. The van der Waals surface area contributed by atoms with Gasteiger partial charge >= 0.3 is 5.97 Å². The van der Waals surface area contributed by atoms with E-state index in [1.807, 2.05) is 30.3 Å². The molecule has 0 atom stereocenters. The van der Waals surface area contributed by atoms with E-state index in [0.717, 1.165) is 16.8 Å². The zero-order chi connectivity index (χ0) is 13.9. The van der Waals surface area contributed by atoms with Gasteiger partial charge in [-0.1, -0.05) is 30.3 Å². The highest BCUT2D eigenvalue weighted by molar-refractivity contribution is 6.00. The first-order chi connectivity index (χ1) is 9.72. The predicted molar refractivity (Wildman–Crippen MR) is 74.3 cm³/mol. The normalized spacial score (nSPS) is 12.7. The van der Waals surface area contributed by atoms with Crippen molar-refractivity contribution in [1.29, 1.82) is 0 Å². The largest absolute Gasteiger partial charge is 0.457 e. The Morgan fingerprint density at radius 1 is 1.15 bits per heavy atom. The number of carbonyl (C=O) groups excluding carboxylic acids is 2. The summed E-state index contributed by atoms with van der Waals surface area (Å²) < 4.78 is 5.26. The van der Waals surface area contributed by atoms with E-state index in [2.05, 4.69) is 5.32 Å². The first kappa shape index (κ1) is 12.4. The van der Waals surface area contributed by atoms with Gasteiger partial charge in [0.05, 0.1) is 12.0 Å². The zero-order valence-electron chi connectivity index (χ0n) is 10.8. The summed E-state index contributed by atoms with van der Waals surface area (Å²) >= 11 is 0. The predicted octanol–water partition coefficient (Wildman–Crippen LogP) is 2.54. The number of ether oxygens (including phenoxy) is 1. The van der Waals surface area contributed by atoms with E-state index in [4.69, 9.17) is 4.74 Å². The number of fused-ring (bicyclic) bond motifs is 1. The van der Waals surface area contributed by atoms with Crippen molar-refractivity contribution in [2.45, 2.75) is 13.0 Å². The fourth-order valence-corrected chi connectivity index (χ4v) is 2.16. The molecule has 0 radical (unpaired) electrons. The quantitative estimate of drug-likeness (QED) is 0.869. The van der Waals surface area contributed by atoms with Gasteiger partial charge in [0.25, 0.3) is 0 Å². The van der Waals surface area contributed by atoms with Crippen LogP contribution < -0.4 is 5.32 Å². The highest BCUT2D eigenvalue weighted by Gasteiger charge is 2.19. The topological polar surface area (TPSA) is 55.4 Å². The van der Waals surface area contributed by atoms with Crippen LogP contribution >= 0.6 is 0 Å². The third kappa shape index (κ3) is 2.54. The summed E-state index contributed by atoms with van der Waals surface area (Å²) in [6.45, 7) is 0.244. The average Bonchev–Trinajstić information content (AvgIpc) is 2.85. The Balaban J connectivity index is 1.69. The molecule has 0 saturated heterocycles. The molecule has 1 aliphatic rings. The van der Waals surface area contributed by atoms with E-state index in [1.165, 1.54) is 0 Å². The number of hydrogen-bond acceptors (Lipinski definition) is 3. The lowest BCUT2D eigenvalue weighted by Gasteiger charge is -2.06. The Morgan fingerprint density at radius 2 is 1.95 bits per heavy atom. The van der Waals surface area contributed by atoms with Gasteiger partial charge in [0.15, 0.2) is 0 Å². The summed E-state index contributed by atoms with van der Waals surface area (Å²) in [7, 11) is 0. The van der Waals surface area contributed by atoms with Crippen molar-refractivity contribution < 1.29 is 14.3 Å². The molecule has 100 valence electrons. The number of esters is 1. The molecule has 20 heavy (non-hydrogen) atoms. The second-order valence-corrected chi connectivity index (χ2v) is 4.66. The number of anilines is 1. The van der Waals surface area contributed by atoms with Crippen molar-refractivity contribution in [3.05, 3.63) is 65.2 Å². The SMILES string of the molecule is O=C1Cc2cc(C(=O)OCc3ccccc3)ccc2N1. The highest BCUT2D eigenvalue weighted by atomic mass is 16.5. The van der Waals surface area contributed by atoms with Crippen LogP contribution in [0.25, 0.3) is 0 Å². The van der Waals surface area contributed by atoms with E-state index < -0.39 is 0 Å². The summed E-state index contributed by atoms with van der Waals surface area (Å²) in [4.78, 5) is 23.2. The van der Waals surface area contributed by atoms with Crippen molar-refractivity contribution >= 4 is 17.6 Å². The van der Waals surface area contributed by atoms with Crippen molar-refractivity contribution in [1.82, 2.24) is 0 Å². The molecular formula is C16H13NO3. The molecule has 1 N–H and O–H groups in total. The fourth-order valence-electron chi connectivity index (χ4n) is 2.16. The molecule has 0 aromatic heterocycles. The third-order valence-electron chi connectivity index (χ3n) is 3.18. The third-order valence-corrected chi connectivity index (χ3v) is 3.18. The summed E-state index contributed by atoms with van der Waals surface area (Å²) in [5.41, 5.74) is 3.02. The number of rotatable bonds is 3. The van der Waals surface area contributed by atoms with Crippen molar-refractivity contribution in [3.8, 4) is 0 Å². The second-order valence-electron chi connectivity index (χ2n) is 4.66. The molecule has 0 saturated carbocycles. The van der Waals surface area contributed by atoms with Crippen LogP contribution in [0, 0.1) is 0 Å². The maximum absolute atomic E-state index is 12.0. The Kier molecular flexibility index (Phi) is 3.21. The van der Waals surface area contributed by atoms with Gasteiger partial charge in [0.1, 0.15) is 6.61 Å². The number of amides is 1. The van der Waals surface area contributed by atoms with E-state index in [-0.39, 0.29) is 18.5 Å². The van der Waals surface area contributed by atoms with E-state index in [0.29, 0.717) is 12.0 Å². The zero-order valence-corrected chi connectivity index (χ0v) is 10.8. The first-order valence-corrected chi connectivity index (χ1v) is 6.36. The van der Waals surface area contributed by atoms with Crippen molar-refractivity contribution in [2.75, 3.05) is 5.32 Å². The number of carbonyl (C=O) groups is 2. The standard InChI is InChI=1S/C16H13NO3/c18-15-9-13-8-12(6-7-14(13)17-15)16(19)20-10-11-4-2-1-3-5-11/h1-8H,9-10H2,(H,17,18). The molecule has 1 aliphatic heterocycles. The smallest absolute Gasteiger partial charge is 0.338 e. The van der Waals surface area contributed by atoms with Crippen molar-refractivity contribution in [3.63, 3.8) is 0 Å². The van der Waals surface area contributed by atoms with Crippen molar-refractivity contribution in [2.24, 2.45) is 0 Å². The summed E-state index contributed by atoms with van der Waals surface area (Å²) in [6, 6.07) is 14.6. The molecule has 0 spiro atoms. The van der Waals surface area contributed by atoms with E-state index >= 15 is 0 Å². The van der Waals surface area contributed by atoms with Crippen LogP contribution in [-0.4, -0.2) is 11.9 Å². The fraction of sp³-hybridized carbons (Fsp3) is 0.125. The van der Waals surface area contributed by atoms with Crippen LogP contribution in [0.2, 0.25) is 0 Å². The maximum Gasteiger partial charge on any atom is 0.338 e. The van der Waals surface area contributed by atoms with Gasteiger partial charge in [0, 0.05) is 5.69 Å². The van der Waals surface area contributed by atoms with Crippen LogP contribution in [0.4, 0.5) is 5.69 Å². The van der Waals surface area contributed by atoms with Gasteiger partial charge < -0.3 is 10.1 Å². The Bertz CT molecular complexity index is 665. The maximum atomic E-state index is 12.0. The van der Waals surface area contributed by atoms with Crippen LogP contribution in [0.1, 0.15) is 21.5 Å². The summed E-state index contributed by atoms with van der Waals surface area (Å²) in [5.74, 6) is -0.425. The van der Waals surface area contributed by atoms with Gasteiger partial charge in [-0.25, -0.2) is 4.79 Å². The van der Waals surface area contributed by atoms with Gasteiger partial charge in [-0.3, -0.25) is 4.79 Å². The first-order valence-electron chi connectivity index (χ1n) is 6.36. The Morgan fingerprint density at radius 3 is 2.75 bits per heavy atom. The van der Waals surface area contributed by atoms with Gasteiger partial charge in [-0.2, -0.15) is 0 Å². The second kappa shape index (κ2) is 5.17. The average molecular weight is 267 g/mol. The minimum atomic E-state index is -0.379. The molecule has 3 rings (SSSR count). The van der Waals surface area contributed by atoms with Gasteiger partial charge in [0.2, 0.25) is 5.91 Å². The number of benzene rings is 2. The van der Waals surface area contributed by atoms with Crippen LogP contribution in [0.5, 0.6) is 0 Å². The van der Waals surface area contributed by atoms with Gasteiger partial charge in [-0.05, 0) is 29.3 Å². The monoisotopic (exact) mass is 267 g/mol. The van der Waals surface area contributed by atoms with E-state index in [1.54, 1.807) is 18.2 Å². The number of hydrogen-bond donors (Lipinski definition) is 1. The minimum Gasteiger partial charge on any atom is -0.457 e. The van der Waals surface area contributed by atoms with Crippen LogP contribution in [0.3, 0.4) is 0 Å². The molecule has 0 bridgehead atoms. The molecule has 1 amide bonds. The molecule has 1 heterocycles. The molecule has 4 nitrogen and oxygen atoms in total. The lowest BCUT2D eigenvalue weighted by molar-refractivity contribution is -0.115. The van der Waals surface area contributed by atoms with E-state index in [9.17, 15) is 9.59 Å². The number of nitrogens with one attached hydrogen (secondary N) is 1. The molecule has 2 aromatic carbocycles. The van der Waals surface area contributed by atoms with Crippen LogP contribution in [-0.2, 0) is 22.6 Å². The molecule has 0 aliphatic carbocycles. The summed E-state index contributed by atoms with van der Waals surface area (Å²) in [5, 5.41) is 2.73. The molecular weight excluding hydrogens is 254 g/mol.